The Balaban J connectivity index is 1.62. The number of ether oxygens (including phenoxy) is 1. The van der Waals surface area contributed by atoms with E-state index in [0.29, 0.717) is 6.61 Å². The summed E-state index contributed by atoms with van der Waals surface area (Å²) in [6.45, 7) is 5.52. The maximum Gasteiger partial charge on any atom is 0.180 e. The maximum atomic E-state index is 5.82. The Morgan fingerprint density at radius 2 is 2.24 bits per heavy atom. The number of aromatic amines is 1. The third-order valence-corrected chi connectivity index (χ3v) is 3.63. The molecule has 1 N–H and O–H groups in total. The van der Waals surface area contributed by atoms with E-state index in [-0.39, 0.29) is 6.10 Å². The van der Waals surface area contributed by atoms with Crippen molar-refractivity contribution in [1.29, 1.82) is 0 Å². The summed E-state index contributed by atoms with van der Waals surface area (Å²) in [6, 6.07) is 4.10. The van der Waals surface area contributed by atoms with Crippen LogP contribution in [0, 0.1) is 0 Å². The molecule has 1 aliphatic heterocycles. The van der Waals surface area contributed by atoms with Crippen molar-refractivity contribution in [2.75, 3.05) is 19.7 Å². The maximum absolute atomic E-state index is 5.82. The summed E-state index contributed by atoms with van der Waals surface area (Å²) in [4.78, 5) is 11.0. The molecule has 0 amide bonds. The van der Waals surface area contributed by atoms with E-state index in [4.69, 9.17) is 4.74 Å². The van der Waals surface area contributed by atoms with Crippen LogP contribution in [0.4, 0.5) is 0 Å². The lowest BCUT2D eigenvalue weighted by atomic mass is 10.2. The topological polar surface area (TPSA) is 66.9 Å². The highest BCUT2D eigenvalue weighted by Gasteiger charge is 2.25. The van der Waals surface area contributed by atoms with Crippen LogP contribution in [-0.4, -0.2) is 44.8 Å². The van der Waals surface area contributed by atoms with Crippen molar-refractivity contribution in [3.8, 4) is 0 Å². The fraction of sp³-hybridized carbons (Fsp3) is 0.533. The number of nitrogens with one attached hydrogen (secondary N) is 1. The first-order chi connectivity index (χ1) is 10.3. The largest absolute Gasteiger partial charge is 0.367 e. The quantitative estimate of drug-likeness (QED) is 0.907. The molecule has 2 aromatic heterocycles. The van der Waals surface area contributed by atoms with E-state index in [0.717, 1.165) is 44.1 Å². The number of aromatic nitrogens is 4. The number of pyridine rings is 1. The molecule has 0 saturated carbocycles. The summed E-state index contributed by atoms with van der Waals surface area (Å²) < 4.78 is 5.82. The second kappa shape index (κ2) is 6.78. The molecule has 6 heteroatoms. The minimum Gasteiger partial charge on any atom is -0.367 e. The normalized spacial score (nSPS) is 19.8. The lowest BCUT2D eigenvalue weighted by molar-refractivity contribution is -0.0370. The molecular weight excluding hydrogens is 266 g/mol. The highest BCUT2D eigenvalue weighted by molar-refractivity contribution is 5.09. The van der Waals surface area contributed by atoms with E-state index in [1.807, 2.05) is 12.4 Å². The number of aryl methyl sites for hydroxylation is 1. The van der Waals surface area contributed by atoms with Gasteiger partial charge in [-0.1, -0.05) is 6.92 Å². The standard InChI is InChI=1S/C15H21N5O/c1-2-3-14-17-15(19-18-14)13-11-20(8-9-21-13)10-12-4-6-16-7-5-12/h4-7,13H,2-3,8-11H2,1H3,(H,17,18,19). The molecule has 21 heavy (non-hydrogen) atoms. The van der Waals surface area contributed by atoms with Crippen LogP contribution >= 0.6 is 0 Å². The molecule has 1 atom stereocenters. The van der Waals surface area contributed by atoms with Gasteiger partial charge in [-0.15, -0.1) is 0 Å². The summed E-state index contributed by atoms with van der Waals surface area (Å²) in [5.74, 6) is 1.72. The number of rotatable bonds is 5. The smallest absolute Gasteiger partial charge is 0.180 e. The summed E-state index contributed by atoms with van der Waals surface area (Å²) in [5, 5.41) is 7.30. The third kappa shape index (κ3) is 3.65. The zero-order valence-electron chi connectivity index (χ0n) is 12.3. The third-order valence-electron chi connectivity index (χ3n) is 3.63. The van der Waals surface area contributed by atoms with Crippen LogP contribution in [0.2, 0.25) is 0 Å². The van der Waals surface area contributed by atoms with Crippen LogP contribution in [0.1, 0.15) is 36.7 Å². The predicted octanol–water partition coefficient (Wildman–Crippen LogP) is 1.73. The predicted molar refractivity (Wildman–Crippen MR) is 78.6 cm³/mol. The summed E-state index contributed by atoms with van der Waals surface area (Å²) in [6.07, 6.45) is 5.62. The zero-order valence-corrected chi connectivity index (χ0v) is 12.3. The van der Waals surface area contributed by atoms with E-state index >= 15 is 0 Å². The Morgan fingerprint density at radius 1 is 1.38 bits per heavy atom. The molecule has 0 bridgehead atoms. The molecule has 0 aliphatic carbocycles. The molecule has 1 fully saturated rings. The first kappa shape index (κ1) is 14.2. The second-order valence-corrected chi connectivity index (χ2v) is 5.34. The van der Waals surface area contributed by atoms with Gasteiger partial charge in [0.15, 0.2) is 5.82 Å². The summed E-state index contributed by atoms with van der Waals surface area (Å²) >= 11 is 0. The summed E-state index contributed by atoms with van der Waals surface area (Å²) in [7, 11) is 0. The molecule has 3 heterocycles. The summed E-state index contributed by atoms with van der Waals surface area (Å²) in [5.41, 5.74) is 1.27. The first-order valence-corrected chi connectivity index (χ1v) is 7.49. The van der Waals surface area contributed by atoms with Crippen molar-refractivity contribution in [3.05, 3.63) is 41.7 Å². The molecule has 2 aromatic rings. The van der Waals surface area contributed by atoms with E-state index in [9.17, 15) is 0 Å². The van der Waals surface area contributed by atoms with E-state index in [1.54, 1.807) is 0 Å². The van der Waals surface area contributed by atoms with Gasteiger partial charge in [0.05, 0.1) is 6.61 Å². The second-order valence-electron chi connectivity index (χ2n) is 5.34. The lowest BCUT2D eigenvalue weighted by Crippen LogP contribution is -2.38. The van der Waals surface area contributed by atoms with Gasteiger partial charge in [0.1, 0.15) is 11.9 Å². The average molecular weight is 287 g/mol. The van der Waals surface area contributed by atoms with Crippen molar-refractivity contribution in [1.82, 2.24) is 25.1 Å². The lowest BCUT2D eigenvalue weighted by Gasteiger charge is -2.31. The Kier molecular flexibility index (Phi) is 4.57. The highest BCUT2D eigenvalue weighted by Crippen LogP contribution is 2.20. The minimum absolute atomic E-state index is 0.0394. The molecule has 0 spiro atoms. The molecule has 0 radical (unpaired) electrons. The van der Waals surface area contributed by atoms with Crippen LogP contribution in [0.15, 0.2) is 24.5 Å². The van der Waals surface area contributed by atoms with Gasteiger partial charge in [-0.3, -0.25) is 15.0 Å². The van der Waals surface area contributed by atoms with Crippen LogP contribution in [0.3, 0.4) is 0 Å². The van der Waals surface area contributed by atoms with Gasteiger partial charge in [-0.05, 0) is 24.1 Å². The Labute approximate surface area is 124 Å². The van der Waals surface area contributed by atoms with Gasteiger partial charge in [0.2, 0.25) is 0 Å². The van der Waals surface area contributed by atoms with Gasteiger partial charge in [0.25, 0.3) is 0 Å². The Hall–Kier alpha value is -1.79. The van der Waals surface area contributed by atoms with E-state index in [1.165, 1.54) is 5.56 Å². The van der Waals surface area contributed by atoms with Crippen LogP contribution in [-0.2, 0) is 17.7 Å². The molecular formula is C15H21N5O. The van der Waals surface area contributed by atoms with Crippen LogP contribution in [0.25, 0.3) is 0 Å². The Morgan fingerprint density at radius 3 is 3.05 bits per heavy atom. The van der Waals surface area contributed by atoms with Gasteiger partial charge >= 0.3 is 0 Å². The van der Waals surface area contributed by atoms with Crippen molar-refractivity contribution >= 4 is 0 Å². The van der Waals surface area contributed by atoms with Crippen molar-refractivity contribution in [2.45, 2.75) is 32.4 Å². The number of hydrogen-bond acceptors (Lipinski definition) is 5. The first-order valence-electron chi connectivity index (χ1n) is 7.49. The van der Waals surface area contributed by atoms with Crippen LogP contribution < -0.4 is 0 Å². The minimum atomic E-state index is -0.0394. The molecule has 6 nitrogen and oxygen atoms in total. The van der Waals surface area contributed by atoms with Gasteiger partial charge in [-0.2, -0.15) is 5.10 Å². The number of nitrogens with zero attached hydrogens (tertiary/aromatic N) is 4. The highest BCUT2D eigenvalue weighted by atomic mass is 16.5. The SMILES string of the molecule is CCCc1nc(C2CN(Cc3ccncc3)CCO2)n[nH]1. The van der Waals surface area contributed by atoms with Gasteiger partial charge in [0, 0.05) is 38.4 Å². The fourth-order valence-electron chi connectivity index (χ4n) is 2.55. The molecule has 1 saturated heterocycles. The number of hydrogen-bond donors (Lipinski definition) is 1. The van der Waals surface area contributed by atoms with E-state index in [2.05, 4.69) is 44.1 Å². The zero-order chi connectivity index (χ0) is 14.5. The van der Waals surface area contributed by atoms with E-state index < -0.39 is 0 Å². The van der Waals surface area contributed by atoms with Gasteiger partial charge < -0.3 is 4.74 Å². The number of H-pyrrole nitrogens is 1. The van der Waals surface area contributed by atoms with Gasteiger partial charge in [-0.25, -0.2) is 4.98 Å². The monoisotopic (exact) mass is 287 g/mol. The molecule has 0 aromatic carbocycles. The fourth-order valence-corrected chi connectivity index (χ4v) is 2.55. The average Bonchev–Trinajstić information content (AvgIpc) is 2.98. The van der Waals surface area contributed by atoms with Crippen molar-refractivity contribution in [2.24, 2.45) is 0 Å². The molecule has 1 unspecified atom stereocenters. The molecule has 112 valence electrons. The van der Waals surface area contributed by atoms with Crippen LogP contribution in [0.5, 0.6) is 0 Å². The number of morpholine rings is 1. The molecule has 3 rings (SSSR count). The van der Waals surface area contributed by atoms with Crippen molar-refractivity contribution < 1.29 is 4.74 Å². The van der Waals surface area contributed by atoms with Crippen molar-refractivity contribution in [3.63, 3.8) is 0 Å². The molecule has 1 aliphatic rings. The Bertz CT molecular complexity index is 556.